The van der Waals surface area contributed by atoms with E-state index in [1.54, 1.807) is 10.6 Å². The van der Waals surface area contributed by atoms with Crippen LogP contribution in [0.1, 0.15) is 5.56 Å². The maximum absolute atomic E-state index is 11.2. The van der Waals surface area contributed by atoms with Gasteiger partial charge in [-0.25, -0.2) is 4.98 Å². The van der Waals surface area contributed by atoms with E-state index in [1.807, 2.05) is 48.5 Å². The van der Waals surface area contributed by atoms with Crippen molar-refractivity contribution >= 4 is 23.1 Å². The zero-order chi connectivity index (χ0) is 14.8. The number of aromatic nitrogens is 2. The molecule has 4 heteroatoms. The Morgan fingerprint density at radius 1 is 1.19 bits per heavy atom. The summed E-state index contributed by atoms with van der Waals surface area (Å²) in [5.74, 6) is -0.246. The zero-order valence-corrected chi connectivity index (χ0v) is 11.4. The van der Waals surface area contributed by atoms with Crippen LogP contribution in [0.3, 0.4) is 0 Å². The van der Waals surface area contributed by atoms with Crippen LogP contribution in [-0.4, -0.2) is 20.6 Å². The van der Waals surface area contributed by atoms with Gasteiger partial charge in [0.15, 0.2) is 0 Å². The van der Waals surface area contributed by atoms with Gasteiger partial charge in [-0.3, -0.25) is 4.79 Å². The monoisotopic (exact) mass is 278 g/mol. The van der Waals surface area contributed by atoms with Crippen molar-refractivity contribution in [2.24, 2.45) is 0 Å². The van der Waals surface area contributed by atoms with E-state index in [1.165, 1.54) is 0 Å². The molecule has 0 aliphatic carbocycles. The average molecular weight is 278 g/mol. The first-order valence-electron chi connectivity index (χ1n) is 6.59. The summed E-state index contributed by atoms with van der Waals surface area (Å²) in [5.41, 5.74) is 3.41. The van der Waals surface area contributed by atoms with Crippen molar-refractivity contribution in [1.29, 1.82) is 0 Å². The Balaban J connectivity index is 2.30. The van der Waals surface area contributed by atoms with E-state index in [9.17, 15) is 9.90 Å². The van der Waals surface area contributed by atoms with Crippen LogP contribution < -0.4 is 0 Å². The smallest absolute Gasteiger partial charge is 0.323 e. The highest BCUT2D eigenvalue weighted by Crippen LogP contribution is 2.27. The van der Waals surface area contributed by atoms with Crippen molar-refractivity contribution in [2.45, 2.75) is 6.54 Å². The van der Waals surface area contributed by atoms with Crippen LogP contribution in [0.2, 0.25) is 0 Å². The molecule has 0 saturated carbocycles. The Morgan fingerprint density at radius 3 is 2.67 bits per heavy atom. The van der Waals surface area contributed by atoms with Crippen LogP contribution in [-0.2, 0) is 11.3 Å². The Hall–Kier alpha value is -2.88. The lowest BCUT2D eigenvalue weighted by Crippen LogP contribution is -2.10. The highest BCUT2D eigenvalue weighted by Gasteiger charge is 2.15. The summed E-state index contributed by atoms with van der Waals surface area (Å²) < 4.78 is 1.72. The number of nitrogens with zero attached hydrogens (tertiary/aromatic N) is 2. The van der Waals surface area contributed by atoms with Crippen LogP contribution in [0.25, 0.3) is 28.5 Å². The molecule has 1 N–H and O–H groups in total. The zero-order valence-electron chi connectivity index (χ0n) is 11.4. The molecule has 3 aromatic rings. The fraction of sp³-hybridized carbons (Fsp3) is 0.0588. The number of hydrogen-bond acceptors (Lipinski definition) is 2. The van der Waals surface area contributed by atoms with E-state index in [4.69, 9.17) is 0 Å². The third-order valence-corrected chi connectivity index (χ3v) is 3.37. The van der Waals surface area contributed by atoms with Crippen molar-refractivity contribution in [3.8, 4) is 11.4 Å². The lowest BCUT2D eigenvalue weighted by Gasteiger charge is -2.08. The van der Waals surface area contributed by atoms with Crippen molar-refractivity contribution in [3.63, 3.8) is 0 Å². The van der Waals surface area contributed by atoms with Crippen molar-refractivity contribution < 1.29 is 9.90 Å². The van der Waals surface area contributed by atoms with Crippen LogP contribution in [0.15, 0.2) is 55.1 Å². The third-order valence-electron chi connectivity index (χ3n) is 3.37. The minimum atomic E-state index is -0.893. The van der Waals surface area contributed by atoms with Gasteiger partial charge in [-0.15, -0.1) is 0 Å². The topological polar surface area (TPSA) is 55.1 Å². The molecule has 3 rings (SSSR count). The van der Waals surface area contributed by atoms with Gasteiger partial charge in [0.05, 0.1) is 11.0 Å². The normalized spacial score (nSPS) is 10.7. The van der Waals surface area contributed by atoms with Crippen LogP contribution in [0, 0.1) is 0 Å². The highest BCUT2D eigenvalue weighted by atomic mass is 16.4. The molecule has 4 nitrogen and oxygen atoms in total. The molecule has 0 unspecified atom stereocenters. The van der Waals surface area contributed by atoms with Gasteiger partial charge in [0.25, 0.3) is 0 Å². The molecule has 0 fully saturated rings. The number of hydrogen-bond donors (Lipinski definition) is 1. The number of para-hydroxylation sites is 2. The van der Waals surface area contributed by atoms with Gasteiger partial charge < -0.3 is 9.67 Å². The van der Waals surface area contributed by atoms with E-state index in [0.29, 0.717) is 5.82 Å². The van der Waals surface area contributed by atoms with Crippen LogP contribution in [0.4, 0.5) is 0 Å². The van der Waals surface area contributed by atoms with E-state index in [2.05, 4.69) is 11.6 Å². The fourth-order valence-electron chi connectivity index (χ4n) is 2.46. The van der Waals surface area contributed by atoms with E-state index < -0.39 is 5.97 Å². The summed E-state index contributed by atoms with van der Waals surface area (Å²) in [5, 5.41) is 9.17. The van der Waals surface area contributed by atoms with Crippen LogP contribution >= 0.6 is 0 Å². The molecular weight excluding hydrogens is 264 g/mol. The Bertz CT molecular complexity index is 834. The molecule has 0 aliphatic rings. The highest BCUT2D eigenvalue weighted by molar-refractivity contribution is 5.84. The van der Waals surface area contributed by atoms with Gasteiger partial charge in [-0.05, 0) is 17.7 Å². The first-order chi connectivity index (χ1) is 10.2. The minimum Gasteiger partial charge on any atom is -0.480 e. The summed E-state index contributed by atoms with van der Waals surface area (Å²) in [4.78, 5) is 15.8. The summed E-state index contributed by atoms with van der Waals surface area (Å²) in [6.07, 6.45) is 1.75. The molecule has 1 heterocycles. The van der Waals surface area contributed by atoms with Gasteiger partial charge in [-0.2, -0.15) is 0 Å². The molecule has 2 aromatic carbocycles. The van der Waals surface area contributed by atoms with Crippen molar-refractivity contribution in [2.75, 3.05) is 0 Å². The molecule has 0 bridgehead atoms. The van der Waals surface area contributed by atoms with Gasteiger partial charge in [-0.1, -0.05) is 49.1 Å². The van der Waals surface area contributed by atoms with Gasteiger partial charge in [0, 0.05) is 5.56 Å². The van der Waals surface area contributed by atoms with Gasteiger partial charge >= 0.3 is 5.97 Å². The number of imidazole rings is 1. The number of rotatable bonds is 4. The fourth-order valence-corrected chi connectivity index (χ4v) is 2.46. The largest absolute Gasteiger partial charge is 0.480 e. The molecule has 0 saturated heterocycles. The van der Waals surface area contributed by atoms with Gasteiger partial charge in [0.2, 0.25) is 0 Å². The first kappa shape index (κ1) is 13.1. The Kier molecular flexibility index (Phi) is 3.28. The average Bonchev–Trinajstić information content (AvgIpc) is 2.85. The van der Waals surface area contributed by atoms with Crippen LogP contribution in [0.5, 0.6) is 0 Å². The van der Waals surface area contributed by atoms with Crippen molar-refractivity contribution in [1.82, 2.24) is 9.55 Å². The number of fused-ring (bicyclic) bond motifs is 1. The molecule has 0 atom stereocenters. The molecule has 1 aromatic heterocycles. The van der Waals surface area contributed by atoms with E-state index >= 15 is 0 Å². The van der Waals surface area contributed by atoms with E-state index in [-0.39, 0.29) is 6.54 Å². The molecular formula is C17H14N2O2. The molecule has 104 valence electrons. The summed E-state index contributed by atoms with van der Waals surface area (Å²) >= 11 is 0. The third kappa shape index (κ3) is 2.31. The second kappa shape index (κ2) is 5.25. The maximum Gasteiger partial charge on any atom is 0.323 e. The lowest BCUT2D eigenvalue weighted by molar-refractivity contribution is -0.137. The lowest BCUT2D eigenvalue weighted by atomic mass is 10.1. The maximum atomic E-state index is 11.2. The van der Waals surface area contributed by atoms with Gasteiger partial charge in [0.1, 0.15) is 12.4 Å². The second-order valence-electron chi connectivity index (χ2n) is 4.70. The Labute approximate surface area is 122 Å². The predicted molar refractivity (Wildman–Crippen MR) is 82.9 cm³/mol. The molecule has 0 spiro atoms. The SMILES string of the molecule is C=Cc1ccccc1-c1nc2ccccc2n1CC(=O)O. The molecule has 0 aliphatic heterocycles. The minimum absolute atomic E-state index is 0.124. The predicted octanol–water partition coefficient (Wildman–Crippen LogP) is 3.43. The van der Waals surface area contributed by atoms with Crippen molar-refractivity contribution in [3.05, 3.63) is 60.7 Å². The summed E-state index contributed by atoms with van der Waals surface area (Å²) in [7, 11) is 0. The standard InChI is InChI=1S/C17H14N2O2/c1-2-12-7-3-4-8-13(12)17-18-14-9-5-6-10-15(14)19(17)11-16(20)21/h2-10H,1,11H2,(H,20,21). The number of carboxylic acid groups (broad SMARTS) is 1. The summed E-state index contributed by atoms with van der Waals surface area (Å²) in [6, 6.07) is 15.2. The molecule has 0 amide bonds. The summed E-state index contributed by atoms with van der Waals surface area (Å²) in [6.45, 7) is 3.68. The Morgan fingerprint density at radius 2 is 1.90 bits per heavy atom. The molecule has 21 heavy (non-hydrogen) atoms. The molecule has 0 radical (unpaired) electrons. The number of carbonyl (C=O) groups is 1. The quantitative estimate of drug-likeness (QED) is 0.795. The second-order valence-corrected chi connectivity index (χ2v) is 4.70. The van der Waals surface area contributed by atoms with E-state index in [0.717, 1.165) is 22.2 Å². The number of aliphatic carboxylic acids is 1. The first-order valence-corrected chi connectivity index (χ1v) is 6.59. The number of carboxylic acids is 1. The number of benzene rings is 2.